The zero-order valence-electron chi connectivity index (χ0n) is 10.6. The van der Waals surface area contributed by atoms with Gasteiger partial charge in [0.15, 0.2) is 0 Å². The topological polar surface area (TPSA) is 12.4 Å². The van der Waals surface area contributed by atoms with Crippen LogP contribution in [0.3, 0.4) is 0 Å². The second kappa shape index (κ2) is 6.14. The molecule has 0 spiro atoms. The zero-order valence-corrected chi connectivity index (χ0v) is 10.6. The quantitative estimate of drug-likeness (QED) is 0.684. The van der Waals surface area contributed by atoms with Crippen molar-refractivity contribution in [1.82, 2.24) is 0 Å². The van der Waals surface area contributed by atoms with E-state index in [1.807, 2.05) is 32.9 Å². The minimum Gasteiger partial charge on any atom is -0.265 e. The number of hydrogen-bond donors (Lipinski definition) is 0. The third-order valence-electron chi connectivity index (χ3n) is 2.82. The van der Waals surface area contributed by atoms with Crippen molar-refractivity contribution in [2.24, 2.45) is 4.99 Å². The molecule has 1 nitrogen and oxygen atoms in total. The summed E-state index contributed by atoms with van der Waals surface area (Å²) in [6.07, 6.45) is 5.70. The van der Waals surface area contributed by atoms with Crippen molar-refractivity contribution in [2.75, 3.05) is 0 Å². The Morgan fingerprint density at radius 3 is 2.76 bits per heavy atom. The lowest BCUT2D eigenvalue weighted by atomic mass is 9.98. The largest absolute Gasteiger partial charge is 0.265 e. The molecule has 1 rings (SSSR count). The van der Waals surface area contributed by atoms with E-state index in [9.17, 15) is 4.39 Å². The maximum atomic E-state index is 14.1. The molecule has 0 aromatic heterocycles. The minimum absolute atomic E-state index is 0.134. The number of nitrogens with zero attached hydrogens (tertiary/aromatic N) is 1. The Morgan fingerprint density at radius 1 is 1.47 bits per heavy atom. The van der Waals surface area contributed by atoms with Gasteiger partial charge in [0.05, 0.1) is 0 Å². The first kappa shape index (κ1) is 13.4. The fourth-order valence-electron chi connectivity index (χ4n) is 1.72. The summed E-state index contributed by atoms with van der Waals surface area (Å²) in [6, 6.07) is 3.81. The van der Waals surface area contributed by atoms with Crippen LogP contribution in [0, 0.1) is 12.7 Å². The number of halogens is 1. The first-order chi connectivity index (χ1) is 8.11. The van der Waals surface area contributed by atoms with Gasteiger partial charge in [-0.25, -0.2) is 4.39 Å². The second-order valence-corrected chi connectivity index (χ2v) is 3.90. The molecule has 0 atom stereocenters. The smallest absolute Gasteiger partial charge is 0.133 e. The molecule has 0 saturated heterocycles. The summed E-state index contributed by atoms with van der Waals surface area (Å²) < 4.78 is 14.1. The lowest BCUT2D eigenvalue weighted by molar-refractivity contribution is 0.612. The number of rotatable bonds is 4. The number of aliphatic imine (C=N–C) groups is 1. The van der Waals surface area contributed by atoms with E-state index in [0.29, 0.717) is 5.56 Å². The van der Waals surface area contributed by atoms with Gasteiger partial charge in [0.25, 0.3) is 0 Å². The summed E-state index contributed by atoms with van der Waals surface area (Å²) in [5.41, 5.74) is 3.28. The molecule has 0 aliphatic heterocycles. The third-order valence-corrected chi connectivity index (χ3v) is 2.82. The second-order valence-electron chi connectivity index (χ2n) is 3.90. The van der Waals surface area contributed by atoms with E-state index in [-0.39, 0.29) is 5.82 Å². The van der Waals surface area contributed by atoms with Gasteiger partial charge in [-0.2, -0.15) is 0 Å². The Hall–Kier alpha value is -1.70. The summed E-state index contributed by atoms with van der Waals surface area (Å²) in [4.78, 5) is 3.86. The van der Waals surface area contributed by atoms with Gasteiger partial charge >= 0.3 is 0 Å². The van der Waals surface area contributed by atoms with Crippen LogP contribution in [0.1, 0.15) is 30.5 Å². The summed E-state index contributed by atoms with van der Waals surface area (Å²) in [5.74, 6) is -0.134. The molecule has 0 saturated carbocycles. The van der Waals surface area contributed by atoms with Gasteiger partial charge in [0, 0.05) is 18.0 Å². The van der Waals surface area contributed by atoms with Crippen LogP contribution in [0.15, 0.2) is 36.0 Å². The van der Waals surface area contributed by atoms with Crippen molar-refractivity contribution in [3.8, 4) is 0 Å². The molecule has 0 aliphatic rings. The van der Waals surface area contributed by atoms with Crippen LogP contribution in [0.4, 0.5) is 4.39 Å². The van der Waals surface area contributed by atoms with Gasteiger partial charge in [0.1, 0.15) is 5.82 Å². The highest BCUT2D eigenvalue weighted by atomic mass is 19.1. The Morgan fingerprint density at radius 2 is 2.18 bits per heavy atom. The number of aryl methyl sites for hydroxylation is 1. The van der Waals surface area contributed by atoms with E-state index in [0.717, 1.165) is 23.1 Å². The number of hydrogen-bond acceptors (Lipinski definition) is 1. The molecule has 0 bridgehead atoms. The molecule has 0 fully saturated rings. The molecule has 0 amide bonds. The SMILES string of the molecule is C=CN=C/C=C(\C)c1ccc(CC)c(C)c1F. The third kappa shape index (κ3) is 3.13. The normalized spacial score (nSPS) is 12.1. The van der Waals surface area contributed by atoms with E-state index in [2.05, 4.69) is 11.6 Å². The fourth-order valence-corrected chi connectivity index (χ4v) is 1.72. The van der Waals surface area contributed by atoms with Crippen molar-refractivity contribution in [1.29, 1.82) is 0 Å². The van der Waals surface area contributed by atoms with Gasteiger partial charge in [-0.15, -0.1) is 0 Å². The molecule has 0 N–H and O–H groups in total. The van der Waals surface area contributed by atoms with Gasteiger partial charge in [-0.1, -0.05) is 25.6 Å². The Balaban J connectivity index is 3.15. The predicted octanol–water partition coefficient (Wildman–Crippen LogP) is 4.31. The lowest BCUT2D eigenvalue weighted by Gasteiger charge is -2.09. The molecule has 90 valence electrons. The van der Waals surface area contributed by atoms with Gasteiger partial charge in [0.2, 0.25) is 0 Å². The van der Waals surface area contributed by atoms with Gasteiger partial charge in [-0.05, 0) is 43.0 Å². The molecule has 1 aromatic carbocycles. The maximum Gasteiger partial charge on any atom is 0.133 e. The van der Waals surface area contributed by atoms with Crippen LogP contribution in [-0.2, 0) is 6.42 Å². The highest BCUT2D eigenvalue weighted by Crippen LogP contribution is 2.23. The Labute approximate surface area is 102 Å². The highest BCUT2D eigenvalue weighted by Gasteiger charge is 2.09. The summed E-state index contributed by atoms with van der Waals surface area (Å²) >= 11 is 0. The molecule has 2 heteroatoms. The number of allylic oxidation sites excluding steroid dienone is 2. The van der Waals surface area contributed by atoms with E-state index in [1.165, 1.54) is 6.20 Å². The molecule has 0 unspecified atom stereocenters. The minimum atomic E-state index is -0.134. The van der Waals surface area contributed by atoms with Crippen LogP contribution >= 0.6 is 0 Å². The van der Waals surface area contributed by atoms with Gasteiger partial charge < -0.3 is 0 Å². The van der Waals surface area contributed by atoms with E-state index < -0.39 is 0 Å². The first-order valence-electron chi connectivity index (χ1n) is 5.71. The molecular formula is C15H18FN. The summed E-state index contributed by atoms with van der Waals surface area (Å²) in [6.45, 7) is 9.21. The fraction of sp³-hybridized carbons (Fsp3) is 0.267. The molecular weight excluding hydrogens is 213 g/mol. The van der Waals surface area contributed by atoms with Crippen LogP contribution in [0.5, 0.6) is 0 Å². The standard InChI is InChI=1S/C15H18FN/c1-5-13-7-8-14(15(16)12(13)4)11(3)9-10-17-6-2/h6-10H,2,5H2,1,3-4H3/b11-9+,17-10?. The summed E-state index contributed by atoms with van der Waals surface area (Å²) in [5, 5.41) is 0. The molecule has 0 heterocycles. The van der Waals surface area contributed by atoms with Crippen molar-refractivity contribution < 1.29 is 4.39 Å². The van der Waals surface area contributed by atoms with Crippen molar-refractivity contribution in [3.63, 3.8) is 0 Å². The zero-order chi connectivity index (χ0) is 12.8. The van der Waals surface area contributed by atoms with Crippen molar-refractivity contribution in [3.05, 3.63) is 53.5 Å². The van der Waals surface area contributed by atoms with Crippen LogP contribution in [-0.4, -0.2) is 6.21 Å². The number of benzene rings is 1. The van der Waals surface area contributed by atoms with E-state index >= 15 is 0 Å². The van der Waals surface area contributed by atoms with Crippen molar-refractivity contribution >= 4 is 11.8 Å². The maximum absolute atomic E-state index is 14.1. The van der Waals surface area contributed by atoms with Gasteiger partial charge in [-0.3, -0.25) is 4.99 Å². The summed E-state index contributed by atoms with van der Waals surface area (Å²) in [7, 11) is 0. The Kier molecular flexibility index (Phi) is 4.83. The van der Waals surface area contributed by atoms with Crippen LogP contribution in [0.2, 0.25) is 0 Å². The first-order valence-corrected chi connectivity index (χ1v) is 5.71. The van der Waals surface area contributed by atoms with Crippen LogP contribution in [0.25, 0.3) is 5.57 Å². The van der Waals surface area contributed by atoms with E-state index in [1.54, 1.807) is 12.3 Å². The molecule has 0 aliphatic carbocycles. The van der Waals surface area contributed by atoms with E-state index in [4.69, 9.17) is 0 Å². The molecule has 1 aromatic rings. The Bertz CT molecular complexity index is 470. The lowest BCUT2D eigenvalue weighted by Crippen LogP contribution is -1.96. The monoisotopic (exact) mass is 231 g/mol. The van der Waals surface area contributed by atoms with Crippen molar-refractivity contribution in [2.45, 2.75) is 27.2 Å². The average molecular weight is 231 g/mol. The predicted molar refractivity (Wildman–Crippen MR) is 72.9 cm³/mol. The highest BCUT2D eigenvalue weighted by molar-refractivity contribution is 5.84. The molecule has 17 heavy (non-hydrogen) atoms. The molecule has 0 radical (unpaired) electrons. The average Bonchev–Trinajstić information content (AvgIpc) is 2.32. The van der Waals surface area contributed by atoms with Crippen LogP contribution < -0.4 is 0 Å².